The van der Waals surface area contributed by atoms with Crippen molar-refractivity contribution < 1.29 is 18.7 Å². The first kappa shape index (κ1) is 22.3. The van der Waals surface area contributed by atoms with E-state index in [4.69, 9.17) is 9.15 Å². The number of ether oxygens (including phenoxy) is 1. The van der Waals surface area contributed by atoms with Crippen LogP contribution in [0.2, 0.25) is 0 Å². The summed E-state index contributed by atoms with van der Waals surface area (Å²) in [5.74, 6) is 0.602. The normalized spacial score (nSPS) is 11.1. The van der Waals surface area contributed by atoms with Crippen LogP contribution in [0.3, 0.4) is 0 Å². The molecule has 0 saturated carbocycles. The van der Waals surface area contributed by atoms with Crippen LogP contribution in [0.15, 0.2) is 51.5 Å². The third-order valence-electron chi connectivity index (χ3n) is 3.84. The van der Waals surface area contributed by atoms with Crippen LogP contribution in [-0.4, -0.2) is 33.6 Å². The highest BCUT2D eigenvalue weighted by molar-refractivity contribution is 7.99. The molecule has 0 spiro atoms. The molecule has 0 bridgehead atoms. The molecule has 1 amide bonds. The van der Waals surface area contributed by atoms with Crippen molar-refractivity contribution >= 4 is 46.4 Å². The molecule has 0 fully saturated rings. The number of hydrogen-bond acceptors (Lipinski definition) is 9. The summed E-state index contributed by atoms with van der Waals surface area (Å²) in [5, 5.41) is 12.9. The van der Waals surface area contributed by atoms with Gasteiger partial charge in [0.1, 0.15) is 23.2 Å². The number of thioether (sulfide) groups is 1. The first-order valence-electron chi connectivity index (χ1n) is 9.31. The lowest BCUT2D eigenvalue weighted by atomic mass is 10.1. The summed E-state index contributed by atoms with van der Waals surface area (Å²) in [6, 6.07) is 12.0. The predicted octanol–water partition coefficient (Wildman–Crippen LogP) is 4.63. The lowest BCUT2D eigenvalue weighted by Crippen LogP contribution is -2.13. The first-order valence-corrected chi connectivity index (χ1v) is 11.1. The number of esters is 1. The second-order valence-corrected chi connectivity index (χ2v) is 7.93. The van der Waals surface area contributed by atoms with Gasteiger partial charge in [0.25, 0.3) is 5.91 Å². The largest absolute Gasteiger partial charge is 0.462 e. The van der Waals surface area contributed by atoms with Crippen molar-refractivity contribution in [2.75, 3.05) is 17.7 Å². The monoisotopic (exact) mass is 454 g/mol. The summed E-state index contributed by atoms with van der Waals surface area (Å²) >= 11 is 2.51. The average Bonchev–Trinajstić information content (AvgIpc) is 3.42. The number of benzene rings is 1. The maximum absolute atomic E-state index is 12.4. The molecule has 2 aromatic heterocycles. The fourth-order valence-corrected chi connectivity index (χ4v) is 3.77. The van der Waals surface area contributed by atoms with Crippen LogP contribution in [0.25, 0.3) is 17.4 Å². The number of nitriles is 1. The maximum atomic E-state index is 12.4. The van der Waals surface area contributed by atoms with E-state index >= 15 is 0 Å². The summed E-state index contributed by atoms with van der Waals surface area (Å²) < 4.78 is 14.9. The molecular weight excluding hydrogens is 436 g/mol. The molecule has 31 heavy (non-hydrogen) atoms. The third-order valence-corrected chi connectivity index (χ3v) is 5.31. The fourth-order valence-electron chi connectivity index (χ4n) is 2.50. The zero-order chi connectivity index (χ0) is 22.2. The standard InChI is InChI=1S/C21H18N4O4S2/c1-3-28-19(27)14-7-5-6-13(10-14)17-9-8-16(29-17)11-15(12-22)18(26)23-20-24-21(25-31-20)30-4-2/h5-11H,3-4H2,1-2H3,(H,23,24,25,26). The number of furan rings is 1. The van der Waals surface area contributed by atoms with E-state index in [0.717, 1.165) is 17.3 Å². The van der Waals surface area contributed by atoms with Gasteiger partial charge in [-0.3, -0.25) is 10.1 Å². The molecule has 3 aromatic rings. The van der Waals surface area contributed by atoms with E-state index in [1.54, 1.807) is 43.3 Å². The van der Waals surface area contributed by atoms with Gasteiger partial charge in [0.2, 0.25) is 10.3 Å². The SMILES string of the molecule is CCOC(=O)c1cccc(-c2ccc(C=C(C#N)C(=O)Nc3nc(SCC)ns3)o2)c1. The van der Waals surface area contributed by atoms with Crippen LogP contribution in [-0.2, 0) is 9.53 Å². The minimum atomic E-state index is -0.603. The van der Waals surface area contributed by atoms with Crippen LogP contribution in [0.5, 0.6) is 0 Å². The van der Waals surface area contributed by atoms with Gasteiger partial charge in [0.15, 0.2) is 0 Å². The van der Waals surface area contributed by atoms with Gasteiger partial charge in [0.05, 0.1) is 12.2 Å². The molecule has 1 aromatic carbocycles. The minimum absolute atomic E-state index is 0.138. The fraction of sp³-hybridized carbons (Fsp3) is 0.190. The smallest absolute Gasteiger partial charge is 0.338 e. The first-order chi connectivity index (χ1) is 15.0. The van der Waals surface area contributed by atoms with Crippen molar-refractivity contribution in [2.24, 2.45) is 0 Å². The van der Waals surface area contributed by atoms with Gasteiger partial charge in [0, 0.05) is 23.2 Å². The number of hydrogen-bond donors (Lipinski definition) is 1. The number of carbonyl (C=O) groups is 2. The summed E-state index contributed by atoms with van der Waals surface area (Å²) in [4.78, 5) is 28.5. The Morgan fingerprint density at radius 2 is 2.16 bits per heavy atom. The molecule has 0 aliphatic carbocycles. The van der Waals surface area contributed by atoms with Crippen LogP contribution < -0.4 is 5.32 Å². The summed E-state index contributed by atoms with van der Waals surface area (Å²) in [6.45, 7) is 4.00. The van der Waals surface area contributed by atoms with E-state index in [2.05, 4.69) is 14.7 Å². The Morgan fingerprint density at radius 3 is 2.90 bits per heavy atom. The summed E-state index contributed by atoms with van der Waals surface area (Å²) in [6.07, 6.45) is 1.34. The molecular formula is C21H18N4O4S2. The third kappa shape index (κ3) is 5.81. The van der Waals surface area contributed by atoms with Gasteiger partial charge in [-0.15, -0.1) is 0 Å². The van der Waals surface area contributed by atoms with E-state index in [1.165, 1.54) is 17.8 Å². The van der Waals surface area contributed by atoms with Gasteiger partial charge < -0.3 is 9.15 Å². The van der Waals surface area contributed by atoms with Gasteiger partial charge in [-0.25, -0.2) is 4.79 Å². The lowest BCUT2D eigenvalue weighted by Gasteiger charge is -2.03. The van der Waals surface area contributed by atoms with E-state index in [1.807, 2.05) is 13.0 Å². The van der Waals surface area contributed by atoms with Crippen molar-refractivity contribution in [1.29, 1.82) is 5.26 Å². The molecule has 158 valence electrons. The number of nitrogens with one attached hydrogen (secondary N) is 1. The van der Waals surface area contributed by atoms with E-state index in [0.29, 0.717) is 32.9 Å². The quantitative estimate of drug-likeness (QED) is 0.226. The number of aromatic nitrogens is 2. The molecule has 0 aliphatic rings. The number of nitrogens with zero attached hydrogens (tertiary/aromatic N) is 3. The van der Waals surface area contributed by atoms with Crippen molar-refractivity contribution in [1.82, 2.24) is 9.36 Å². The number of anilines is 1. The molecule has 0 radical (unpaired) electrons. The van der Waals surface area contributed by atoms with Gasteiger partial charge in [-0.05, 0) is 36.9 Å². The molecule has 3 rings (SSSR count). The second-order valence-electron chi connectivity index (χ2n) is 5.94. The second kappa shape index (κ2) is 10.6. The van der Waals surface area contributed by atoms with Crippen molar-refractivity contribution in [3.05, 3.63) is 53.3 Å². The topological polar surface area (TPSA) is 118 Å². The highest BCUT2D eigenvalue weighted by Gasteiger charge is 2.15. The Labute approximate surface area is 187 Å². The zero-order valence-electron chi connectivity index (χ0n) is 16.7. The average molecular weight is 455 g/mol. The van der Waals surface area contributed by atoms with Crippen molar-refractivity contribution in [3.8, 4) is 17.4 Å². The molecule has 1 N–H and O–H groups in total. The van der Waals surface area contributed by atoms with Crippen molar-refractivity contribution in [2.45, 2.75) is 19.0 Å². The Morgan fingerprint density at radius 1 is 1.32 bits per heavy atom. The van der Waals surface area contributed by atoms with Gasteiger partial charge in [-0.1, -0.05) is 30.8 Å². The Kier molecular flexibility index (Phi) is 7.59. The van der Waals surface area contributed by atoms with Crippen LogP contribution in [0, 0.1) is 11.3 Å². The van der Waals surface area contributed by atoms with Crippen LogP contribution in [0.4, 0.5) is 5.13 Å². The summed E-state index contributed by atoms with van der Waals surface area (Å²) in [5.41, 5.74) is 0.937. The number of carbonyl (C=O) groups excluding carboxylic acids is 2. The maximum Gasteiger partial charge on any atom is 0.338 e. The van der Waals surface area contributed by atoms with E-state index < -0.39 is 11.9 Å². The predicted molar refractivity (Wildman–Crippen MR) is 119 cm³/mol. The molecule has 2 heterocycles. The number of amides is 1. The lowest BCUT2D eigenvalue weighted by molar-refractivity contribution is -0.112. The highest BCUT2D eigenvalue weighted by atomic mass is 32.2. The number of rotatable bonds is 8. The Balaban J connectivity index is 1.76. The Hall–Kier alpha value is -3.42. The van der Waals surface area contributed by atoms with Gasteiger partial charge >= 0.3 is 5.97 Å². The molecule has 8 nitrogen and oxygen atoms in total. The summed E-state index contributed by atoms with van der Waals surface area (Å²) in [7, 11) is 0. The Bertz CT molecular complexity index is 1160. The van der Waals surface area contributed by atoms with Crippen LogP contribution in [0.1, 0.15) is 30.0 Å². The molecule has 0 saturated heterocycles. The van der Waals surface area contributed by atoms with E-state index in [9.17, 15) is 14.9 Å². The molecule has 0 aliphatic heterocycles. The molecule has 0 unspecified atom stereocenters. The van der Waals surface area contributed by atoms with Gasteiger partial charge in [-0.2, -0.15) is 14.6 Å². The highest BCUT2D eigenvalue weighted by Crippen LogP contribution is 2.25. The molecule has 10 heteroatoms. The minimum Gasteiger partial charge on any atom is -0.462 e. The van der Waals surface area contributed by atoms with Crippen molar-refractivity contribution in [3.63, 3.8) is 0 Å². The zero-order valence-corrected chi connectivity index (χ0v) is 18.4. The van der Waals surface area contributed by atoms with Crippen LogP contribution >= 0.6 is 23.3 Å². The molecule has 0 atom stereocenters. The van der Waals surface area contributed by atoms with E-state index in [-0.39, 0.29) is 12.2 Å².